The van der Waals surface area contributed by atoms with Gasteiger partial charge in [-0.05, 0) is 36.8 Å². The highest BCUT2D eigenvalue weighted by molar-refractivity contribution is 7.15. The number of carbonyl (C=O) groups excluding carboxylic acids is 1. The molecule has 0 radical (unpaired) electrons. The maximum Gasteiger partial charge on any atom is 0.328 e. The van der Waals surface area contributed by atoms with Crippen molar-refractivity contribution in [3.63, 3.8) is 0 Å². The van der Waals surface area contributed by atoms with Crippen molar-refractivity contribution in [2.24, 2.45) is 0 Å². The van der Waals surface area contributed by atoms with Crippen LogP contribution in [0.1, 0.15) is 20.1 Å². The number of carboxylic acids is 1. The molecule has 6 heteroatoms. The zero-order valence-corrected chi connectivity index (χ0v) is 11.5. The minimum absolute atomic E-state index is 0.223. The van der Waals surface area contributed by atoms with Gasteiger partial charge in [0.2, 0.25) is 0 Å². The average molecular weight is 288 g/mol. The third-order valence-corrected chi connectivity index (χ3v) is 3.70. The van der Waals surface area contributed by atoms with Gasteiger partial charge in [-0.25, -0.2) is 4.79 Å². The van der Waals surface area contributed by atoms with Crippen LogP contribution in [0.3, 0.4) is 0 Å². The molecule has 2 N–H and O–H groups in total. The van der Waals surface area contributed by atoms with Crippen LogP contribution < -0.4 is 5.32 Å². The normalized spacial score (nSPS) is 10.7. The molecule has 2 heterocycles. The van der Waals surface area contributed by atoms with Crippen molar-refractivity contribution in [3.8, 4) is 0 Å². The van der Waals surface area contributed by atoms with Crippen LogP contribution >= 0.6 is 11.3 Å². The summed E-state index contributed by atoms with van der Waals surface area (Å²) in [4.78, 5) is 27.7. The molecular weight excluding hydrogens is 276 g/mol. The Hall–Kier alpha value is -2.47. The van der Waals surface area contributed by atoms with Gasteiger partial charge in [0.25, 0.3) is 5.91 Å². The molecule has 0 saturated heterocycles. The number of pyridine rings is 1. The monoisotopic (exact) mass is 288 g/mol. The Morgan fingerprint density at radius 2 is 2.05 bits per heavy atom. The summed E-state index contributed by atoms with van der Waals surface area (Å²) in [6.07, 6.45) is 5.74. The van der Waals surface area contributed by atoms with Crippen molar-refractivity contribution < 1.29 is 14.7 Å². The number of nitrogens with zero attached hydrogens (tertiary/aromatic N) is 1. The molecule has 0 aromatic carbocycles. The second-order valence-corrected chi connectivity index (χ2v) is 5.10. The standard InChI is InChI=1S/C14H12N2O3S/c1-9-8-12(20-11(9)2-3-13(17)18)14(19)16-10-4-6-15-7-5-10/h2-8H,1H3,(H,17,18)(H,15,16,19)/b3-2+. The molecule has 5 nitrogen and oxygen atoms in total. The van der Waals surface area contributed by atoms with Crippen LogP contribution in [0.5, 0.6) is 0 Å². The van der Waals surface area contributed by atoms with Gasteiger partial charge in [-0.3, -0.25) is 9.78 Å². The second kappa shape index (κ2) is 6.12. The highest BCUT2D eigenvalue weighted by atomic mass is 32.1. The number of anilines is 1. The van der Waals surface area contributed by atoms with Crippen molar-refractivity contribution in [3.05, 3.63) is 52.0 Å². The van der Waals surface area contributed by atoms with Gasteiger partial charge in [0.05, 0.1) is 4.88 Å². The van der Waals surface area contributed by atoms with Crippen LogP contribution in [0.25, 0.3) is 6.08 Å². The predicted molar refractivity (Wildman–Crippen MR) is 77.9 cm³/mol. The molecule has 20 heavy (non-hydrogen) atoms. The maximum atomic E-state index is 12.1. The van der Waals surface area contributed by atoms with E-state index < -0.39 is 5.97 Å². The van der Waals surface area contributed by atoms with E-state index in [0.29, 0.717) is 10.6 Å². The lowest BCUT2D eigenvalue weighted by molar-refractivity contribution is -0.131. The molecule has 0 spiro atoms. The molecule has 2 aromatic rings. The van der Waals surface area contributed by atoms with Crippen LogP contribution in [-0.2, 0) is 4.79 Å². The molecule has 0 aliphatic carbocycles. The highest BCUT2D eigenvalue weighted by Crippen LogP contribution is 2.24. The first kappa shape index (κ1) is 14.0. The van der Waals surface area contributed by atoms with E-state index in [9.17, 15) is 9.59 Å². The lowest BCUT2D eigenvalue weighted by Gasteiger charge is -2.01. The number of amides is 1. The van der Waals surface area contributed by atoms with Crippen LogP contribution in [-0.4, -0.2) is 22.0 Å². The third-order valence-electron chi connectivity index (χ3n) is 2.50. The van der Waals surface area contributed by atoms with E-state index in [1.165, 1.54) is 17.4 Å². The van der Waals surface area contributed by atoms with E-state index in [4.69, 9.17) is 5.11 Å². The molecular formula is C14H12N2O3S. The number of thiophene rings is 1. The van der Waals surface area contributed by atoms with Crippen LogP contribution in [0, 0.1) is 6.92 Å². The SMILES string of the molecule is Cc1cc(C(=O)Nc2ccncc2)sc1/C=C/C(=O)O. The summed E-state index contributed by atoms with van der Waals surface area (Å²) < 4.78 is 0. The smallest absolute Gasteiger partial charge is 0.328 e. The molecule has 2 rings (SSSR count). The summed E-state index contributed by atoms with van der Waals surface area (Å²) in [5.74, 6) is -1.24. The Balaban J connectivity index is 2.15. The van der Waals surface area contributed by atoms with Crippen LogP contribution in [0.4, 0.5) is 5.69 Å². The number of nitrogens with one attached hydrogen (secondary N) is 1. The number of aliphatic carboxylic acids is 1. The van der Waals surface area contributed by atoms with Crippen molar-refractivity contribution in [2.45, 2.75) is 6.92 Å². The van der Waals surface area contributed by atoms with E-state index in [1.54, 1.807) is 30.6 Å². The van der Waals surface area contributed by atoms with E-state index in [0.717, 1.165) is 16.5 Å². The van der Waals surface area contributed by atoms with Gasteiger partial charge >= 0.3 is 5.97 Å². The molecule has 1 amide bonds. The summed E-state index contributed by atoms with van der Waals surface area (Å²) in [5, 5.41) is 11.4. The zero-order valence-electron chi connectivity index (χ0n) is 10.7. The second-order valence-electron chi connectivity index (χ2n) is 4.02. The quantitative estimate of drug-likeness (QED) is 0.848. The molecule has 0 bridgehead atoms. The summed E-state index contributed by atoms with van der Waals surface area (Å²) in [6.45, 7) is 1.83. The maximum absolute atomic E-state index is 12.1. The van der Waals surface area contributed by atoms with Gasteiger partial charge in [-0.2, -0.15) is 0 Å². The number of carbonyl (C=O) groups is 2. The number of hydrogen-bond donors (Lipinski definition) is 2. The highest BCUT2D eigenvalue weighted by Gasteiger charge is 2.11. The summed E-state index contributed by atoms with van der Waals surface area (Å²) in [7, 11) is 0. The first-order valence-electron chi connectivity index (χ1n) is 5.79. The number of aryl methyl sites for hydroxylation is 1. The molecule has 2 aromatic heterocycles. The van der Waals surface area contributed by atoms with Crippen LogP contribution in [0.2, 0.25) is 0 Å². The lowest BCUT2D eigenvalue weighted by atomic mass is 10.2. The third kappa shape index (κ3) is 3.52. The topological polar surface area (TPSA) is 79.3 Å². The molecule has 0 aliphatic rings. The molecule has 0 unspecified atom stereocenters. The Bertz CT molecular complexity index is 662. The van der Waals surface area contributed by atoms with Gasteiger partial charge in [-0.1, -0.05) is 0 Å². The van der Waals surface area contributed by atoms with Crippen molar-refractivity contribution in [1.82, 2.24) is 4.98 Å². The summed E-state index contributed by atoms with van der Waals surface area (Å²) in [6, 6.07) is 5.13. The van der Waals surface area contributed by atoms with Gasteiger partial charge in [0.1, 0.15) is 0 Å². The molecule has 0 aliphatic heterocycles. The fourth-order valence-corrected chi connectivity index (χ4v) is 2.52. The summed E-state index contributed by atoms with van der Waals surface area (Å²) in [5.41, 5.74) is 1.53. The number of hydrogen-bond acceptors (Lipinski definition) is 4. The van der Waals surface area contributed by atoms with Gasteiger partial charge in [0, 0.05) is 29.0 Å². The lowest BCUT2D eigenvalue weighted by Crippen LogP contribution is -2.09. The van der Waals surface area contributed by atoms with Crippen molar-refractivity contribution in [1.29, 1.82) is 0 Å². The Morgan fingerprint density at radius 3 is 2.70 bits per heavy atom. The van der Waals surface area contributed by atoms with Gasteiger partial charge < -0.3 is 10.4 Å². The Kier molecular flexibility index (Phi) is 4.27. The van der Waals surface area contributed by atoms with Crippen molar-refractivity contribution >= 4 is 35.0 Å². The minimum atomic E-state index is -1.01. The van der Waals surface area contributed by atoms with E-state index in [2.05, 4.69) is 10.3 Å². The predicted octanol–water partition coefficient (Wildman–Crippen LogP) is 2.80. The first-order valence-corrected chi connectivity index (χ1v) is 6.61. The van der Waals surface area contributed by atoms with Crippen molar-refractivity contribution in [2.75, 3.05) is 5.32 Å². The fourth-order valence-electron chi connectivity index (χ4n) is 1.55. The molecule has 0 fully saturated rings. The van der Waals surface area contributed by atoms with Gasteiger partial charge in [0.15, 0.2) is 0 Å². The molecule has 0 saturated carbocycles. The van der Waals surface area contributed by atoms with E-state index >= 15 is 0 Å². The largest absolute Gasteiger partial charge is 0.478 e. The van der Waals surface area contributed by atoms with Gasteiger partial charge in [-0.15, -0.1) is 11.3 Å². The number of aromatic nitrogens is 1. The number of carboxylic acid groups (broad SMARTS) is 1. The average Bonchev–Trinajstić information content (AvgIpc) is 2.79. The van der Waals surface area contributed by atoms with E-state index in [1.807, 2.05) is 6.92 Å². The van der Waals surface area contributed by atoms with E-state index in [-0.39, 0.29) is 5.91 Å². The van der Waals surface area contributed by atoms with Crippen LogP contribution in [0.15, 0.2) is 36.7 Å². The minimum Gasteiger partial charge on any atom is -0.478 e. The first-order chi connectivity index (χ1) is 9.56. The summed E-state index contributed by atoms with van der Waals surface area (Å²) >= 11 is 1.25. The number of rotatable bonds is 4. The Labute approximate surface area is 119 Å². The zero-order chi connectivity index (χ0) is 14.5. The Morgan fingerprint density at radius 1 is 1.35 bits per heavy atom. The molecule has 0 atom stereocenters. The fraction of sp³-hybridized carbons (Fsp3) is 0.0714. The molecule has 102 valence electrons.